The van der Waals surface area contributed by atoms with Crippen molar-refractivity contribution in [1.82, 2.24) is 5.32 Å². The van der Waals surface area contributed by atoms with Crippen molar-refractivity contribution in [2.75, 3.05) is 23.8 Å². The second-order valence-electron chi connectivity index (χ2n) is 5.55. The molecule has 8 heteroatoms. The summed E-state index contributed by atoms with van der Waals surface area (Å²) < 4.78 is 5.30. The fourth-order valence-electron chi connectivity index (χ4n) is 2.17. The summed E-state index contributed by atoms with van der Waals surface area (Å²) in [5, 5.41) is 7.86. The molecule has 0 unspecified atom stereocenters. The second kappa shape index (κ2) is 9.59. The van der Waals surface area contributed by atoms with Crippen LogP contribution in [0.25, 0.3) is 0 Å². The molecule has 3 N–H and O–H groups in total. The van der Waals surface area contributed by atoms with Crippen LogP contribution in [0.2, 0.25) is 5.02 Å². The van der Waals surface area contributed by atoms with E-state index in [1.807, 2.05) is 6.92 Å². The van der Waals surface area contributed by atoms with E-state index in [2.05, 4.69) is 16.0 Å². The molecule has 0 atom stereocenters. The number of carbonyl (C=O) groups excluding carboxylic acids is 3. The van der Waals surface area contributed by atoms with Gasteiger partial charge in [0.25, 0.3) is 0 Å². The lowest BCUT2D eigenvalue weighted by molar-refractivity contribution is -0.136. The van der Waals surface area contributed by atoms with Gasteiger partial charge in [0.1, 0.15) is 5.75 Å². The van der Waals surface area contributed by atoms with Gasteiger partial charge in [-0.3, -0.25) is 14.4 Å². The Morgan fingerprint density at radius 3 is 2.37 bits per heavy atom. The molecule has 0 heterocycles. The van der Waals surface area contributed by atoms with E-state index in [1.165, 1.54) is 0 Å². The van der Waals surface area contributed by atoms with Gasteiger partial charge in [0.15, 0.2) is 0 Å². The summed E-state index contributed by atoms with van der Waals surface area (Å²) in [6.07, 6.45) is 0. The number of hydrogen-bond donors (Lipinski definition) is 3. The highest BCUT2D eigenvalue weighted by atomic mass is 35.5. The van der Waals surface area contributed by atoms with Crippen LogP contribution in [-0.2, 0) is 14.4 Å². The van der Waals surface area contributed by atoms with Crippen molar-refractivity contribution in [1.29, 1.82) is 0 Å². The zero-order chi connectivity index (χ0) is 19.8. The SMILES string of the molecule is CCOc1ccc(NC(=O)C(=O)NCC(=O)Nc2cccc(Cl)c2C)cc1. The van der Waals surface area contributed by atoms with Crippen LogP contribution in [0.15, 0.2) is 42.5 Å². The molecule has 3 amide bonds. The number of halogens is 1. The zero-order valence-corrected chi connectivity index (χ0v) is 15.7. The molecular formula is C19H20ClN3O4. The number of benzene rings is 2. The Bertz CT molecular complexity index is 837. The molecule has 0 aliphatic rings. The minimum absolute atomic E-state index is 0.346. The highest BCUT2D eigenvalue weighted by molar-refractivity contribution is 6.40. The van der Waals surface area contributed by atoms with Gasteiger partial charge >= 0.3 is 11.8 Å². The van der Waals surface area contributed by atoms with E-state index in [1.54, 1.807) is 49.4 Å². The Hall–Kier alpha value is -3.06. The third-order valence-corrected chi connectivity index (χ3v) is 3.99. The largest absolute Gasteiger partial charge is 0.494 e. The molecule has 0 fully saturated rings. The molecule has 0 aromatic heterocycles. The molecule has 0 bridgehead atoms. The van der Waals surface area contributed by atoms with Gasteiger partial charge in [0, 0.05) is 16.4 Å². The Morgan fingerprint density at radius 2 is 1.70 bits per heavy atom. The molecule has 2 aromatic carbocycles. The van der Waals surface area contributed by atoms with Gasteiger partial charge in [0.05, 0.1) is 13.2 Å². The van der Waals surface area contributed by atoms with Gasteiger partial charge in [0.2, 0.25) is 5.91 Å². The monoisotopic (exact) mass is 389 g/mol. The van der Waals surface area contributed by atoms with E-state index in [-0.39, 0.29) is 6.54 Å². The lowest BCUT2D eigenvalue weighted by Crippen LogP contribution is -2.39. The van der Waals surface area contributed by atoms with Crippen molar-refractivity contribution >= 4 is 40.7 Å². The van der Waals surface area contributed by atoms with Crippen LogP contribution < -0.4 is 20.7 Å². The molecule has 0 saturated heterocycles. The van der Waals surface area contributed by atoms with Gasteiger partial charge in [-0.1, -0.05) is 17.7 Å². The molecule has 0 aliphatic carbocycles. The molecule has 7 nitrogen and oxygen atoms in total. The van der Waals surface area contributed by atoms with Gasteiger partial charge in [-0.2, -0.15) is 0 Å². The van der Waals surface area contributed by atoms with E-state index >= 15 is 0 Å². The summed E-state index contributed by atoms with van der Waals surface area (Å²) in [6.45, 7) is 3.82. The first-order chi connectivity index (χ1) is 12.9. The van der Waals surface area contributed by atoms with E-state index < -0.39 is 17.7 Å². The third kappa shape index (κ3) is 6.00. The summed E-state index contributed by atoms with van der Waals surface area (Å²) in [5.74, 6) is -1.59. The van der Waals surface area contributed by atoms with Crippen LogP contribution in [0.4, 0.5) is 11.4 Å². The second-order valence-corrected chi connectivity index (χ2v) is 5.96. The lowest BCUT2D eigenvalue weighted by atomic mass is 10.2. The van der Waals surface area contributed by atoms with E-state index in [0.717, 1.165) is 0 Å². The summed E-state index contributed by atoms with van der Waals surface area (Å²) in [6, 6.07) is 11.7. The number of hydrogen-bond acceptors (Lipinski definition) is 4. The first kappa shape index (κ1) is 20.3. The number of anilines is 2. The standard InChI is InChI=1S/C19H20ClN3O4/c1-3-27-14-9-7-13(8-10-14)22-19(26)18(25)21-11-17(24)23-16-6-4-5-15(20)12(16)2/h4-10H,3,11H2,1-2H3,(H,21,25)(H,22,26)(H,23,24). The number of rotatable bonds is 6. The van der Waals surface area contributed by atoms with Crippen molar-refractivity contribution in [2.24, 2.45) is 0 Å². The average molecular weight is 390 g/mol. The fourth-order valence-corrected chi connectivity index (χ4v) is 2.34. The summed E-state index contributed by atoms with van der Waals surface area (Å²) in [5.41, 5.74) is 1.70. The molecule has 0 aliphatic heterocycles. The summed E-state index contributed by atoms with van der Waals surface area (Å²) in [7, 11) is 0. The Labute approximate surface area is 162 Å². The number of amides is 3. The van der Waals surface area contributed by atoms with Crippen molar-refractivity contribution in [3.05, 3.63) is 53.1 Å². The number of nitrogens with one attached hydrogen (secondary N) is 3. The Balaban J connectivity index is 1.82. The normalized spacial score (nSPS) is 10.0. The molecule has 2 rings (SSSR count). The quantitative estimate of drug-likeness (QED) is 0.662. The molecule has 0 saturated carbocycles. The zero-order valence-electron chi connectivity index (χ0n) is 15.0. The first-order valence-electron chi connectivity index (χ1n) is 8.27. The topological polar surface area (TPSA) is 96.5 Å². The van der Waals surface area contributed by atoms with E-state index in [9.17, 15) is 14.4 Å². The molecule has 27 heavy (non-hydrogen) atoms. The maximum atomic E-state index is 11.9. The molecule has 2 aromatic rings. The fraction of sp³-hybridized carbons (Fsp3) is 0.211. The summed E-state index contributed by atoms with van der Waals surface area (Å²) in [4.78, 5) is 35.7. The Morgan fingerprint density at radius 1 is 1.00 bits per heavy atom. The van der Waals surface area contributed by atoms with Gasteiger partial charge in [-0.15, -0.1) is 0 Å². The minimum atomic E-state index is -0.915. The molecule has 0 spiro atoms. The van der Waals surface area contributed by atoms with Crippen molar-refractivity contribution in [2.45, 2.75) is 13.8 Å². The van der Waals surface area contributed by atoms with Crippen molar-refractivity contribution < 1.29 is 19.1 Å². The smallest absolute Gasteiger partial charge is 0.313 e. The highest BCUT2D eigenvalue weighted by Gasteiger charge is 2.15. The number of ether oxygens (including phenoxy) is 1. The maximum absolute atomic E-state index is 11.9. The minimum Gasteiger partial charge on any atom is -0.494 e. The average Bonchev–Trinajstić information content (AvgIpc) is 2.65. The first-order valence-corrected chi connectivity index (χ1v) is 8.65. The Kier molecular flexibility index (Phi) is 7.19. The highest BCUT2D eigenvalue weighted by Crippen LogP contribution is 2.22. The van der Waals surface area contributed by atoms with Crippen LogP contribution in [0.1, 0.15) is 12.5 Å². The molecular weight excluding hydrogens is 370 g/mol. The van der Waals surface area contributed by atoms with Crippen LogP contribution in [0.3, 0.4) is 0 Å². The maximum Gasteiger partial charge on any atom is 0.313 e. The predicted molar refractivity (Wildman–Crippen MR) is 104 cm³/mol. The van der Waals surface area contributed by atoms with Gasteiger partial charge in [-0.25, -0.2) is 0 Å². The molecule has 0 radical (unpaired) electrons. The van der Waals surface area contributed by atoms with Gasteiger partial charge in [-0.05, 0) is 55.8 Å². The van der Waals surface area contributed by atoms with E-state index in [0.29, 0.717) is 34.3 Å². The predicted octanol–water partition coefficient (Wildman–Crippen LogP) is 2.74. The van der Waals surface area contributed by atoms with Crippen molar-refractivity contribution in [3.63, 3.8) is 0 Å². The van der Waals surface area contributed by atoms with Crippen LogP contribution in [0.5, 0.6) is 5.75 Å². The van der Waals surface area contributed by atoms with E-state index in [4.69, 9.17) is 16.3 Å². The van der Waals surface area contributed by atoms with Crippen LogP contribution >= 0.6 is 11.6 Å². The summed E-state index contributed by atoms with van der Waals surface area (Å²) >= 11 is 5.99. The lowest BCUT2D eigenvalue weighted by Gasteiger charge is -2.10. The number of carbonyl (C=O) groups is 3. The third-order valence-electron chi connectivity index (χ3n) is 3.58. The van der Waals surface area contributed by atoms with Gasteiger partial charge < -0.3 is 20.7 Å². The molecule has 142 valence electrons. The van der Waals surface area contributed by atoms with Crippen LogP contribution in [-0.4, -0.2) is 30.9 Å². The van der Waals surface area contributed by atoms with Crippen molar-refractivity contribution in [3.8, 4) is 5.75 Å². The van der Waals surface area contributed by atoms with Crippen LogP contribution in [0, 0.1) is 6.92 Å².